The third kappa shape index (κ3) is 4.43. The van der Waals surface area contributed by atoms with Crippen LogP contribution in [0.3, 0.4) is 0 Å². The highest BCUT2D eigenvalue weighted by atomic mass is 19.1. The summed E-state index contributed by atoms with van der Waals surface area (Å²) in [6.07, 6.45) is 4.23. The first-order valence-corrected chi connectivity index (χ1v) is 5.66. The van der Waals surface area contributed by atoms with Gasteiger partial charge in [-0.1, -0.05) is 32.3 Å². The first-order chi connectivity index (χ1) is 7.74. The molecule has 0 aliphatic rings. The lowest BCUT2D eigenvalue weighted by Crippen LogP contribution is -2.06. The maximum Gasteiger partial charge on any atom is 0.338 e. The number of rotatable bonds is 6. The molecule has 1 rings (SSSR count). The summed E-state index contributed by atoms with van der Waals surface area (Å²) in [4.78, 5) is 11.4. The molecule has 0 saturated heterocycles. The normalized spacial score (nSPS) is 10.1. The SMILES string of the molecule is CCCCCCOC(=O)c1cccc(F)c1. The number of esters is 1. The van der Waals surface area contributed by atoms with Crippen molar-refractivity contribution in [2.45, 2.75) is 32.6 Å². The monoisotopic (exact) mass is 224 g/mol. The molecule has 16 heavy (non-hydrogen) atoms. The van der Waals surface area contributed by atoms with E-state index >= 15 is 0 Å². The highest BCUT2D eigenvalue weighted by Gasteiger charge is 2.06. The summed E-state index contributed by atoms with van der Waals surface area (Å²) >= 11 is 0. The van der Waals surface area contributed by atoms with Crippen molar-refractivity contribution in [2.24, 2.45) is 0 Å². The van der Waals surface area contributed by atoms with Crippen molar-refractivity contribution in [3.8, 4) is 0 Å². The first kappa shape index (κ1) is 12.7. The minimum atomic E-state index is -0.448. The lowest BCUT2D eigenvalue weighted by atomic mass is 10.2. The molecule has 0 bridgehead atoms. The summed E-state index contributed by atoms with van der Waals surface area (Å²) < 4.78 is 17.8. The number of ether oxygens (including phenoxy) is 1. The Morgan fingerprint density at radius 1 is 1.31 bits per heavy atom. The molecule has 1 aromatic carbocycles. The minimum absolute atomic E-state index is 0.274. The number of unbranched alkanes of at least 4 members (excludes halogenated alkanes) is 3. The number of hydrogen-bond acceptors (Lipinski definition) is 2. The highest BCUT2D eigenvalue weighted by molar-refractivity contribution is 5.89. The fourth-order valence-corrected chi connectivity index (χ4v) is 1.39. The van der Waals surface area contributed by atoms with E-state index in [1.807, 2.05) is 0 Å². The van der Waals surface area contributed by atoms with Gasteiger partial charge in [0, 0.05) is 0 Å². The Morgan fingerprint density at radius 3 is 2.81 bits per heavy atom. The molecule has 88 valence electrons. The van der Waals surface area contributed by atoms with Crippen molar-refractivity contribution in [2.75, 3.05) is 6.61 Å². The zero-order valence-corrected chi connectivity index (χ0v) is 9.54. The molecule has 1 aromatic rings. The van der Waals surface area contributed by atoms with Crippen LogP contribution in [0.5, 0.6) is 0 Å². The van der Waals surface area contributed by atoms with Gasteiger partial charge in [-0.2, -0.15) is 0 Å². The molecule has 3 heteroatoms. The zero-order chi connectivity index (χ0) is 11.8. The average molecular weight is 224 g/mol. The van der Waals surface area contributed by atoms with Crippen molar-refractivity contribution >= 4 is 5.97 Å². The van der Waals surface area contributed by atoms with Crippen LogP contribution in [0.1, 0.15) is 43.0 Å². The molecule has 0 aromatic heterocycles. The third-order valence-corrected chi connectivity index (χ3v) is 2.29. The van der Waals surface area contributed by atoms with Crippen molar-refractivity contribution < 1.29 is 13.9 Å². The summed E-state index contributed by atoms with van der Waals surface area (Å²) in [6.45, 7) is 2.54. The molecule has 0 spiro atoms. The van der Waals surface area contributed by atoms with E-state index in [0.717, 1.165) is 25.7 Å². The average Bonchev–Trinajstić information content (AvgIpc) is 2.28. The fourth-order valence-electron chi connectivity index (χ4n) is 1.39. The van der Waals surface area contributed by atoms with Gasteiger partial charge in [-0.05, 0) is 24.6 Å². The molecule has 0 aliphatic carbocycles. The van der Waals surface area contributed by atoms with Crippen molar-refractivity contribution in [3.05, 3.63) is 35.6 Å². The molecule has 2 nitrogen and oxygen atoms in total. The molecule has 0 amide bonds. The number of benzene rings is 1. The van der Waals surface area contributed by atoms with Crippen LogP contribution in [0.15, 0.2) is 24.3 Å². The zero-order valence-electron chi connectivity index (χ0n) is 9.54. The second-order valence-electron chi connectivity index (χ2n) is 3.71. The van der Waals surface area contributed by atoms with Gasteiger partial charge >= 0.3 is 5.97 Å². The molecule has 0 unspecified atom stereocenters. The van der Waals surface area contributed by atoms with Crippen molar-refractivity contribution in [1.82, 2.24) is 0 Å². The summed E-state index contributed by atoms with van der Waals surface area (Å²) in [5.41, 5.74) is 0.274. The Bertz CT molecular complexity index is 336. The number of carbonyl (C=O) groups is 1. The van der Waals surface area contributed by atoms with E-state index in [2.05, 4.69) is 6.92 Å². The lowest BCUT2D eigenvalue weighted by molar-refractivity contribution is 0.0497. The summed E-state index contributed by atoms with van der Waals surface area (Å²) in [5.74, 6) is -0.864. The topological polar surface area (TPSA) is 26.3 Å². The third-order valence-electron chi connectivity index (χ3n) is 2.29. The molecule has 0 fully saturated rings. The maximum atomic E-state index is 12.8. The van der Waals surface area contributed by atoms with Crippen molar-refractivity contribution in [3.63, 3.8) is 0 Å². The summed E-state index contributed by atoms with van der Waals surface area (Å²) in [6, 6.07) is 5.55. The number of carbonyl (C=O) groups excluding carboxylic acids is 1. The first-order valence-electron chi connectivity index (χ1n) is 5.66. The van der Waals surface area contributed by atoms with Gasteiger partial charge in [-0.3, -0.25) is 0 Å². The van der Waals surface area contributed by atoms with Gasteiger partial charge in [0.2, 0.25) is 0 Å². The molecular weight excluding hydrogens is 207 g/mol. The number of hydrogen-bond donors (Lipinski definition) is 0. The Morgan fingerprint density at radius 2 is 2.12 bits per heavy atom. The van der Waals surface area contributed by atoms with Crippen LogP contribution in [0, 0.1) is 5.82 Å². The molecule has 0 N–H and O–H groups in total. The van der Waals surface area contributed by atoms with Gasteiger partial charge in [0.1, 0.15) is 5.82 Å². The lowest BCUT2D eigenvalue weighted by Gasteiger charge is -2.04. The van der Waals surface area contributed by atoms with E-state index in [1.165, 1.54) is 18.2 Å². The molecular formula is C13H17FO2. The van der Waals surface area contributed by atoms with Crippen molar-refractivity contribution in [1.29, 1.82) is 0 Å². The van der Waals surface area contributed by atoms with Crippen LogP contribution in [0.2, 0.25) is 0 Å². The smallest absolute Gasteiger partial charge is 0.338 e. The molecule has 0 atom stereocenters. The fraction of sp³-hybridized carbons (Fsp3) is 0.462. The Balaban J connectivity index is 2.30. The predicted octanol–water partition coefficient (Wildman–Crippen LogP) is 3.56. The predicted molar refractivity (Wildman–Crippen MR) is 60.8 cm³/mol. The largest absolute Gasteiger partial charge is 0.462 e. The van der Waals surface area contributed by atoms with E-state index in [-0.39, 0.29) is 5.56 Å². The Kier molecular flexibility index (Phi) is 5.54. The molecule has 0 aliphatic heterocycles. The van der Waals surface area contributed by atoms with E-state index in [0.29, 0.717) is 6.61 Å². The van der Waals surface area contributed by atoms with Gasteiger partial charge < -0.3 is 4.74 Å². The Hall–Kier alpha value is -1.38. The summed E-state index contributed by atoms with van der Waals surface area (Å²) in [7, 11) is 0. The van der Waals surface area contributed by atoms with E-state index in [1.54, 1.807) is 6.07 Å². The standard InChI is InChI=1S/C13H17FO2/c1-2-3-4-5-9-16-13(15)11-7-6-8-12(14)10-11/h6-8,10H,2-5,9H2,1H3. The highest BCUT2D eigenvalue weighted by Crippen LogP contribution is 2.06. The van der Waals surface area contributed by atoms with Gasteiger partial charge in [-0.25, -0.2) is 9.18 Å². The van der Waals surface area contributed by atoms with Gasteiger partial charge in [0.15, 0.2) is 0 Å². The minimum Gasteiger partial charge on any atom is -0.462 e. The second-order valence-corrected chi connectivity index (χ2v) is 3.71. The van der Waals surface area contributed by atoms with Gasteiger partial charge in [-0.15, -0.1) is 0 Å². The van der Waals surface area contributed by atoms with E-state index in [4.69, 9.17) is 4.74 Å². The number of halogens is 1. The van der Waals surface area contributed by atoms with Gasteiger partial charge in [0.25, 0.3) is 0 Å². The van der Waals surface area contributed by atoms with Crippen LogP contribution in [0.25, 0.3) is 0 Å². The van der Waals surface area contributed by atoms with Crippen LogP contribution >= 0.6 is 0 Å². The van der Waals surface area contributed by atoms with Crippen LogP contribution in [-0.4, -0.2) is 12.6 Å². The molecule has 0 radical (unpaired) electrons. The summed E-state index contributed by atoms with van der Waals surface area (Å²) in [5, 5.41) is 0. The quantitative estimate of drug-likeness (QED) is 0.545. The van der Waals surface area contributed by atoms with Crippen LogP contribution in [-0.2, 0) is 4.74 Å². The second kappa shape index (κ2) is 6.99. The maximum absolute atomic E-state index is 12.8. The Labute approximate surface area is 95.4 Å². The van der Waals surface area contributed by atoms with E-state index in [9.17, 15) is 9.18 Å². The van der Waals surface area contributed by atoms with E-state index < -0.39 is 11.8 Å². The van der Waals surface area contributed by atoms with Gasteiger partial charge in [0.05, 0.1) is 12.2 Å². The molecule has 0 saturated carbocycles. The van der Waals surface area contributed by atoms with Crippen LogP contribution in [0.4, 0.5) is 4.39 Å². The molecule has 0 heterocycles. The van der Waals surface area contributed by atoms with Crippen LogP contribution < -0.4 is 0 Å².